The van der Waals surface area contributed by atoms with E-state index in [9.17, 15) is 0 Å². The van der Waals surface area contributed by atoms with E-state index in [4.69, 9.17) is 0 Å². The van der Waals surface area contributed by atoms with Crippen LogP contribution in [0.4, 0.5) is 11.4 Å². The summed E-state index contributed by atoms with van der Waals surface area (Å²) < 4.78 is 0. The Morgan fingerprint density at radius 3 is 2.67 bits per heavy atom. The first kappa shape index (κ1) is 13.9. The molecule has 0 atom stereocenters. The third kappa shape index (κ3) is 3.32. The van der Waals surface area contributed by atoms with Gasteiger partial charge in [-0.3, -0.25) is 0 Å². The molecule has 4 heteroatoms. The van der Waals surface area contributed by atoms with Gasteiger partial charge in [-0.25, -0.2) is 9.97 Å². The molecule has 0 spiro atoms. The molecule has 4 nitrogen and oxygen atoms in total. The van der Waals surface area contributed by atoms with Gasteiger partial charge in [0.2, 0.25) is 0 Å². The molecule has 0 aliphatic carbocycles. The molecule has 1 aromatic carbocycles. The minimum absolute atomic E-state index is 0.729. The fourth-order valence-electron chi connectivity index (χ4n) is 2.81. The number of hydrogen-bond donors (Lipinski definition) is 1. The third-order valence-electron chi connectivity index (χ3n) is 3.97. The summed E-state index contributed by atoms with van der Waals surface area (Å²) in [6, 6.07) is 8.62. The normalized spacial score (nSPS) is 14.5. The molecule has 0 radical (unpaired) electrons. The van der Waals surface area contributed by atoms with Gasteiger partial charge in [0.1, 0.15) is 5.82 Å². The lowest BCUT2D eigenvalue weighted by atomic mass is 10.1. The number of aryl methyl sites for hydroxylation is 2. The van der Waals surface area contributed by atoms with Crippen LogP contribution in [-0.2, 0) is 6.54 Å². The number of benzene rings is 1. The second kappa shape index (κ2) is 6.12. The van der Waals surface area contributed by atoms with E-state index in [1.54, 1.807) is 0 Å². The van der Waals surface area contributed by atoms with E-state index < -0.39 is 0 Å². The number of anilines is 2. The van der Waals surface area contributed by atoms with Gasteiger partial charge < -0.3 is 10.2 Å². The van der Waals surface area contributed by atoms with Gasteiger partial charge in [-0.2, -0.15) is 0 Å². The van der Waals surface area contributed by atoms with Crippen molar-refractivity contribution >= 4 is 11.4 Å². The van der Waals surface area contributed by atoms with Crippen LogP contribution < -0.4 is 10.2 Å². The first-order valence-electron chi connectivity index (χ1n) is 7.60. The van der Waals surface area contributed by atoms with Gasteiger partial charge in [0.15, 0.2) is 0 Å². The highest BCUT2D eigenvalue weighted by molar-refractivity contribution is 5.60. The van der Waals surface area contributed by atoms with Crippen molar-refractivity contribution in [3.63, 3.8) is 0 Å². The van der Waals surface area contributed by atoms with Crippen LogP contribution >= 0.6 is 0 Å². The minimum atomic E-state index is 0.729. The second-order valence-corrected chi connectivity index (χ2v) is 5.64. The highest BCUT2D eigenvalue weighted by atomic mass is 15.1. The Morgan fingerprint density at radius 1 is 1.14 bits per heavy atom. The van der Waals surface area contributed by atoms with Crippen molar-refractivity contribution in [2.75, 3.05) is 23.3 Å². The maximum Gasteiger partial charge on any atom is 0.125 e. The van der Waals surface area contributed by atoms with Crippen LogP contribution in [-0.4, -0.2) is 23.1 Å². The molecule has 0 amide bonds. The van der Waals surface area contributed by atoms with Crippen molar-refractivity contribution in [2.24, 2.45) is 0 Å². The number of aromatic nitrogens is 2. The number of nitrogens with one attached hydrogen (secondary N) is 1. The monoisotopic (exact) mass is 282 g/mol. The number of hydrogen-bond acceptors (Lipinski definition) is 4. The Kier molecular flexibility index (Phi) is 4.04. The molecule has 2 heterocycles. The average molecular weight is 282 g/mol. The first-order chi connectivity index (χ1) is 10.2. The molecule has 0 bridgehead atoms. The van der Waals surface area contributed by atoms with Gasteiger partial charge in [-0.1, -0.05) is 0 Å². The van der Waals surface area contributed by atoms with E-state index in [0.29, 0.717) is 0 Å². The van der Waals surface area contributed by atoms with Gasteiger partial charge in [-0.15, -0.1) is 0 Å². The Hall–Kier alpha value is -2.10. The van der Waals surface area contributed by atoms with Crippen LogP contribution in [0.25, 0.3) is 0 Å². The van der Waals surface area contributed by atoms with E-state index in [2.05, 4.69) is 45.3 Å². The quantitative estimate of drug-likeness (QED) is 0.934. The SMILES string of the molecule is Cc1nccc(CNc2ccc(N3CCCC3)cc2C)n1. The summed E-state index contributed by atoms with van der Waals surface area (Å²) in [5, 5.41) is 3.47. The van der Waals surface area contributed by atoms with Gasteiger partial charge in [-0.05, 0) is 56.5 Å². The highest BCUT2D eigenvalue weighted by Gasteiger charge is 2.12. The summed E-state index contributed by atoms with van der Waals surface area (Å²) in [6.45, 7) is 7.18. The first-order valence-corrected chi connectivity index (χ1v) is 7.60. The smallest absolute Gasteiger partial charge is 0.125 e. The molecule has 3 rings (SSSR count). The maximum absolute atomic E-state index is 4.42. The molecule has 110 valence electrons. The summed E-state index contributed by atoms with van der Waals surface area (Å²) in [5.74, 6) is 0.815. The standard InChI is InChI=1S/C17H22N4/c1-13-11-16(21-9-3-4-10-21)5-6-17(13)19-12-15-7-8-18-14(2)20-15/h5-8,11,19H,3-4,9-10,12H2,1-2H3. The van der Waals surface area contributed by atoms with Crippen LogP contribution in [0.1, 0.15) is 29.9 Å². The fraction of sp³-hybridized carbons (Fsp3) is 0.412. The van der Waals surface area contributed by atoms with Crippen molar-refractivity contribution < 1.29 is 0 Å². The van der Waals surface area contributed by atoms with E-state index in [1.807, 2.05) is 19.2 Å². The van der Waals surface area contributed by atoms with Crippen molar-refractivity contribution in [1.29, 1.82) is 0 Å². The molecule has 1 aliphatic rings. The molecule has 2 aromatic rings. The lowest BCUT2D eigenvalue weighted by Crippen LogP contribution is -2.17. The van der Waals surface area contributed by atoms with Gasteiger partial charge >= 0.3 is 0 Å². The van der Waals surface area contributed by atoms with Crippen LogP contribution in [0.5, 0.6) is 0 Å². The molecule has 0 saturated carbocycles. The van der Waals surface area contributed by atoms with E-state index in [0.717, 1.165) is 18.1 Å². The Morgan fingerprint density at radius 2 is 1.95 bits per heavy atom. The largest absolute Gasteiger partial charge is 0.379 e. The highest BCUT2D eigenvalue weighted by Crippen LogP contribution is 2.25. The summed E-state index contributed by atoms with van der Waals surface area (Å²) in [5.41, 5.74) is 4.82. The van der Waals surface area contributed by atoms with Crippen molar-refractivity contribution in [2.45, 2.75) is 33.2 Å². The van der Waals surface area contributed by atoms with Crippen molar-refractivity contribution in [3.05, 3.63) is 47.5 Å². The van der Waals surface area contributed by atoms with E-state index in [1.165, 1.54) is 42.9 Å². The van der Waals surface area contributed by atoms with Gasteiger partial charge in [0.25, 0.3) is 0 Å². The summed E-state index contributed by atoms with van der Waals surface area (Å²) in [4.78, 5) is 11.0. The van der Waals surface area contributed by atoms with Crippen LogP contribution in [0, 0.1) is 13.8 Å². The zero-order chi connectivity index (χ0) is 14.7. The molecule has 0 unspecified atom stereocenters. The fourth-order valence-corrected chi connectivity index (χ4v) is 2.81. The number of rotatable bonds is 4. The molecular weight excluding hydrogens is 260 g/mol. The average Bonchev–Trinajstić information content (AvgIpc) is 3.00. The molecule has 21 heavy (non-hydrogen) atoms. The van der Waals surface area contributed by atoms with Crippen molar-refractivity contribution in [3.8, 4) is 0 Å². The van der Waals surface area contributed by atoms with Crippen LogP contribution in [0.2, 0.25) is 0 Å². The van der Waals surface area contributed by atoms with Crippen LogP contribution in [0.15, 0.2) is 30.5 Å². The van der Waals surface area contributed by atoms with E-state index >= 15 is 0 Å². The zero-order valence-electron chi connectivity index (χ0n) is 12.8. The predicted octanol–water partition coefficient (Wildman–Crippen LogP) is 3.31. The summed E-state index contributed by atoms with van der Waals surface area (Å²) in [6.07, 6.45) is 4.43. The van der Waals surface area contributed by atoms with E-state index in [-0.39, 0.29) is 0 Å². The van der Waals surface area contributed by atoms with Gasteiger partial charge in [0.05, 0.1) is 12.2 Å². The molecule has 1 N–H and O–H groups in total. The number of nitrogens with zero attached hydrogens (tertiary/aromatic N) is 3. The third-order valence-corrected chi connectivity index (χ3v) is 3.97. The van der Waals surface area contributed by atoms with Gasteiger partial charge in [0, 0.05) is 30.7 Å². The molecule has 1 fully saturated rings. The maximum atomic E-state index is 4.42. The molecule has 1 saturated heterocycles. The zero-order valence-corrected chi connectivity index (χ0v) is 12.8. The Labute approximate surface area is 126 Å². The molecule has 1 aliphatic heterocycles. The topological polar surface area (TPSA) is 41.1 Å². The lowest BCUT2D eigenvalue weighted by Gasteiger charge is -2.19. The molecule has 1 aromatic heterocycles. The molecular formula is C17H22N4. The Bertz CT molecular complexity index is 618. The summed E-state index contributed by atoms with van der Waals surface area (Å²) >= 11 is 0. The second-order valence-electron chi connectivity index (χ2n) is 5.64. The van der Waals surface area contributed by atoms with Crippen LogP contribution in [0.3, 0.4) is 0 Å². The lowest BCUT2D eigenvalue weighted by molar-refractivity contribution is 0.949. The van der Waals surface area contributed by atoms with Crippen molar-refractivity contribution in [1.82, 2.24) is 9.97 Å². The predicted molar refractivity (Wildman–Crippen MR) is 86.7 cm³/mol. The minimum Gasteiger partial charge on any atom is -0.379 e. The Balaban J connectivity index is 1.68. The summed E-state index contributed by atoms with van der Waals surface area (Å²) in [7, 11) is 0.